The Labute approximate surface area is 696 Å². The first-order valence-corrected chi connectivity index (χ1v) is 42.7. The molecule has 2 aromatic heterocycles. The average Bonchev–Trinajstić information content (AvgIpc) is 0.789. The van der Waals surface area contributed by atoms with Crippen LogP contribution in [-0.4, -0.2) is 165 Å². The molecule has 7 heterocycles. The molecule has 6 aromatic carbocycles. The van der Waals surface area contributed by atoms with Gasteiger partial charge in [-0.2, -0.15) is 15.8 Å². The number of esters is 1. The number of para-hydroxylation sites is 3. The summed E-state index contributed by atoms with van der Waals surface area (Å²) in [6.07, 6.45) is 6.95. The number of aromatic carboxylic acids is 1. The number of primary sulfonamides is 2. The van der Waals surface area contributed by atoms with Crippen molar-refractivity contribution in [1.82, 2.24) is 20.2 Å². The third-order valence-electron chi connectivity index (χ3n) is 23.4. The fourth-order valence-corrected chi connectivity index (χ4v) is 18.7. The van der Waals surface area contributed by atoms with Crippen molar-refractivity contribution in [2.24, 2.45) is 33.9 Å². The van der Waals surface area contributed by atoms with Crippen LogP contribution in [0.3, 0.4) is 0 Å². The van der Waals surface area contributed by atoms with Crippen molar-refractivity contribution in [3.8, 4) is 18.2 Å². The van der Waals surface area contributed by atoms with Gasteiger partial charge in [0.2, 0.25) is 20.0 Å². The van der Waals surface area contributed by atoms with E-state index in [0.717, 1.165) is 175 Å². The van der Waals surface area contributed by atoms with E-state index < -0.39 is 26.0 Å². The number of carboxylic acid groups (broad SMARTS) is 1. The molecule has 0 saturated carbocycles. The third kappa shape index (κ3) is 21.3. The van der Waals surface area contributed by atoms with Gasteiger partial charge in [0.1, 0.15) is 39.6 Å². The Kier molecular flexibility index (Phi) is 30.7. The van der Waals surface area contributed by atoms with E-state index in [1.807, 2.05) is 141 Å². The number of carboxylic acids is 1. The summed E-state index contributed by atoms with van der Waals surface area (Å²) in [7, 11) is -6.20. The maximum absolute atomic E-state index is 13.9. The molecule has 0 aliphatic carbocycles. The molecule has 6 atom stereocenters. The van der Waals surface area contributed by atoms with Crippen molar-refractivity contribution in [2.45, 2.75) is 131 Å². The second-order valence-corrected chi connectivity index (χ2v) is 34.4. The standard InChI is InChI=1S/C33H40N6O3S.C24H29N3O2.C23H27N3O2.C9H14N4O2S.ClH/c1-22-18-23(2)31(33(40)38-16-14-37(15-17-38)32-30(43(35,41)42)10-7-12-36-32)25(4)28(22)19-26-11-13-39(21-24(26)3)29-9-6-5-8-27(29)20-34;1-15-12-16(2)23(18(4)22(15)24(28)29-5)26-20-10-11-27(14-17(20)3)21-9-7-6-8-19(21)13-25;1-14-11-15(2)22(17(4)21(14)23(27)28)25-19-9-10-26(13-16(19)3)20-8-6-5-7-18(20)12-24;10-16(14,15)8-2-1-3-12-9(8)13-6-4-11-5-7-13;/h5-10,12,18,24,26H,11,13-17,19,21H2,1-4H3,(H2,35,41,42);6-9,12,17,20,26H,10-11,14H2,1-5H3;5-8,11,16,19,25H,9-10,13H2,1-4H3,(H,27,28);1-3,11H,4-7H2,(H2,10,14,15);1H/t24-,26+;17-,20-;16-,19-;;/m000../s1. The topological polar surface area (TPSA) is 354 Å². The van der Waals surface area contributed by atoms with E-state index in [2.05, 4.69) is 106 Å². The highest BCUT2D eigenvalue weighted by Gasteiger charge is 2.35. The molecule has 5 saturated heterocycles. The van der Waals surface area contributed by atoms with Gasteiger partial charge >= 0.3 is 11.9 Å². The maximum Gasteiger partial charge on any atom is 0.338 e. The fraction of sp³-hybridized carbons (Fsp3) is 0.416. The van der Waals surface area contributed by atoms with E-state index in [9.17, 15) is 52.1 Å². The van der Waals surface area contributed by atoms with Crippen LogP contribution in [-0.2, 0) is 31.2 Å². The Hall–Kier alpha value is -10.8. The van der Waals surface area contributed by atoms with E-state index in [1.54, 1.807) is 24.5 Å². The molecule has 0 bridgehead atoms. The van der Waals surface area contributed by atoms with E-state index in [4.69, 9.17) is 15.0 Å². The number of rotatable bonds is 16. The molecule has 13 rings (SSSR count). The summed E-state index contributed by atoms with van der Waals surface area (Å²) in [4.78, 5) is 58.9. The number of carbonyl (C=O) groups is 3. The van der Waals surface area contributed by atoms with Crippen LogP contribution in [0.4, 0.5) is 40.1 Å². The largest absolute Gasteiger partial charge is 0.478 e. The average molecular weight is 1650 g/mol. The van der Waals surface area contributed by atoms with Crippen LogP contribution in [0.15, 0.2) is 137 Å². The van der Waals surface area contributed by atoms with Gasteiger partial charge in [-0.25, -0.2) is 46.7 Å². The van der Waals surface area contributed by atoms with Crippen molar-refractivity contribution < 1.29 is 41.1 Å². The molecule has 1 amide bonds. The highest BCUT2D eigenvalue weighted by atomic mass is 35.5. The molecule has 620 valence electrons. The Morgan fingerprint density at radius 2 is 0.897 bits per heavy atom. The minimum atomic E-state index is -3.91. The van der Waals surface area contributed by atoms with Crippen LogP contribution in [0.2, 0.25) is 0 Å². The Balaban J connectivity index is 0.000000187. The van der Waals surface area contributed by atoms with Crippen molar-refractivity contribution in [3.63, 3.8) is 0 Å². The van der Waals surface area contributed by atoms with Crippen LogP contribution in [0.5, 0.6) is 0 Å². The van der Waals surface area contributed by atoms with Gasteiger partial charge in [-0.15, -0.1) is 12.4 Å². The molecule has 0 unspecified atom stereocenters. The first-order valence-electron chi connectivity index (χ1n) is 39.6. The number of hydrogen-bond donors (Lipinski definition) is 6. The first kappa shape index (κ1) is 90.1. The van der Waals surface area contributed by atoms with Gasteiger partial charge in [0.25, 0.3) is 5.91 Å². The Bertz CT molecular complexity index is 5310. The lowest BCUT2D eigenvalue weighted by Gasteiger charge is -2.40. The molecule has 5 fully saturated rings. The maximum atomic E-state index is 13.9. The van der Waals surface area contributed by atoms with Gasteiger partial charge < -0.3 is 55.2 Å². The van der Waals surface area contributed by atoms with Crippen LogP contribution < -0.4 is 50.7 Å². The van der Waals surface area contributed by atoms with Crippen LogP contribution in [0, 0.1) is 120 Å². The number of carbonyl (C=O) groups excluding carboxylic acids is 2. The lowest BCUT2D eigenvalue weighted by molar-refractivity contribution is 0.0597. The zero-order valence-corrected chi connectivity index (χ0v) is 71.8. The number of hydrogen-bond acceptors (Lipinski definition) is 21. The number of amides is 1. The van der Waals surface area contributed by atoms with E-state index in [1.165, 1.54) is 30.4 Å². The summed E-state index contributed by atoms with van der Waals surface area (Å²) in [5.74, 6) is 1.27. The molecule has 5 aliphatic heterocycles. The highest BCUT2D eigenvalue weighted by molar-refractivity contribution is 7.89. The molecule has 0 spiro atoms. The van der Waals surface area contributed by atoms with E-state index in [0.29, 0.717) is 89.8 Å². The van der Waals surface area contributed by atoms with Crippen molar-refractivity contribution in [1.29, 1.82) is 15.8 Å². The first-order chi connectivity index (χ1) is 55.3. The number of halogens is 1. The smallest absolute Gasteiger partial charge is 0.338 e. The van der Waals surface area contributed by atoms with Gasteiger partial charge in [0, 0.05) is 133 Å². The van der Waals surface area contributed by atoms with Crippen LogP contribution in [0.25, 0.3) is 0 Å². The molecular weight excluding hydrogens is 1540 g/mol. The summed E-state index contributed by atoms with van der Waals surface area (Å²) in [6.45, 7) is 34.9. The number of pyridine rings is 2. The summed E-state index contributed by atoms with van der Waals surface area (Å²) >= 11 is 0. The summed E-state index contributed by atoms with van der Waals surface area (Å²) < 4.78 is 52.0. The molecule has 28 heteroatoms. The summed E-state index contributed by atoms with van der Waals surface area (Å²) in [6, 6.07) is 43.0. The number of aromatic nitrogens is 2. The number of nitriles is 3. The number of methoxy groups -OCH3 is 1. The number of nitrogens with zero attached hydrogens (tertiary/aromatic N) is 11. The Morgan fingerprint density at radius 3 is 1.31 bits per heavy atom. The van der Waals surface area contributed by atoms with Crippen molar-refractivity contribution in [2.75, 3.05) is 134 Å². The normalized spacial score (nSPS) is 18.7. The number of sulfonamides is 2. The van der Waals surface area contributed by atoms with Gasteiger partial charge in [0.15, 0.2) is 0 Å². The second kappa shape index (κ2) is 39.9. The highest BCUT2D eigenvalue weighted by Crippen LogP contribution is 2.38. The quantitative estimate of drug-likeness (QED) is 0.0489. The van der Waals surface area contributed by atoms with Gasteiger partial charge in [-0.3, -0.25) is 4.79 Å². The molecule has 8 N–H and O–H groups in total. The fourth-order valence-electron chi connectivity index (χ4n) is 17.3. The SMILES string of the molecule is COC(=O)c1c(C)cc(C)c(N[C@H]2CCN(c3ccccc3C#N)C[C@@H]2C)c1C.Cc1cc(C)c(C(=O)N2CCN(c3ncccc3S(N)(=O)=O)CC2)c(C)c1C[C@H]1CCN(c2ccccc2C#N)C[C@@H]1C.Cc1cc(C)c(C(=O)O)c(C)c1N[C@H]1CCN(c2ccccc2C#N)C[C@@H]1C.Cl.NS(=O)(=O)c1cccnc1N1CCNCC1. The molecule has 25 nitrogen and oxygen atoms in total. The monoisotopic (exact) mass is 1650 g/mol. The van der Waals surface area contributed by atoms with Gasteiger partial charge in [0.05, 0.1) is 52.0 Å². The number of nitrogens with one attached hydrogen (secondary N) is 3. The van der Waals surface area contributed by atoms with E-state index in [-0.39, 0.29) is 40.1 Å². The van der Waals surface area contributed by atoms with E-state index >= 15 is 0 Å². The summed E-state index contributed by atoms with van der Waals surface area (Å²) in [5, 5.41) is 59.1. The molecular formula is C89H111ClN16O9S2. The van der Waals surface area contributed by atoms with Crippen LogP contribution in [0.1, 0.15) is 143 Å². The predicted octanol–water partition coefficient (Wildman–Crippen LogP) is 12.9. The zero-order valence-electron chi connectivity index (χ0n) is 69.3. The molecule has 8 aromatic rings. The number of ether oxygens (including phenoxy) is 1. The third-order valence-corrected chi connectivity index (χ3v) is 25.3. The molecule has 5 aliphatic rings. The predicted molar refractivity (Wildman–Crippen MR) is 465 cm³/mol. The summed E-state index contributed by atoms with van der Waals surface area (Å²) in [5.41, 5.74) is 19.1. The minimum absolute atomic E-state index is 0. The van der Waals surface area contributed by atoms with Crippen LogP contribution >= 0.6 is 12.4 Å². The molecule has 0 radical (unpaired) electrons. The lowest BCUT2D eigenvalue weighted by Crippen LogP contribution is -2.49. The second-order valence-electron chi connectivity index (χ2n) is 31.3. The molecule has 117 heavy (non-hydrogen) atoms. The number of piperazine rings is 2. The number of piperidine rings is 3. The van der Waals surface area contributed by atoms with Gasteiger partial charge in [-0.05, 0) is 228 Å². The number of anilines is 7. The lowest BCUT2D eigenvalue weighted by atomic mass is 9.79. The number of aryl methyl sites for hydroxylation is 6. The zero-order chi connectivity index (χ0) is 84.0. The van der Waals surface area contributed by atoms with Gasteiger partial charge in [-0.1, -0.05) is 75.4 Å². The number of benzene rings is 6. The minimum Gasteiger partial charge on any atom is -0.478 e. The van der Waals surface area contributed by atoms with Crippen molar-refractivity contribution >= 4 is 90.4 Å². The van der Waals surface area contributed by atoms with Crippen molar-refractivity contribution in [3.05, 3.63) is 217 Å². The number of nitrogens with two attached hydrogens (primary N) is 2. The Morgan fingerprint density at radius 1 is 0.504 bits per heavy atom.